The molecule has 0 aromatic carbocycles. The minimum absolute atomic E-state index is 0.122. The van der Waals surface area contributed by atoms with E-state index in [1.807, 2.05) is 13.8 Å². The number of pyridine rings is 1. The van der Waals surface area contributed by atoms with Gasteiger partial charge in [-0.2, -0.15) is 4.73 Å². The zero-order chi connectivity index (χ0) is 20.8. The predicted octanol–water partition coefficient (Wildman–Crippen LogP) is 6.89. The molecule has 0 amide bonds. The van der Waals surface area contributed by atoms with Gasteiger partial charge >= 0.3 is 0 Å². The van der Waals surface area contributed by atoms with Crippen LogP contribution in [0.3, 0.4) is 0 Å². The number of nitrogens with zero attached hydrogens (tertiary/aromatic N) is 1. The zero-order valence-corrected chi connectivity index (χ0v) is 19.1. The van der Waals surface area contributed by atoms with Gasteiger partial charge in [0.2, 0.25) is 0 Å². The van der Waals surface area contributed by atoms with Crippen LogP contribution in [0, 0.1) is 38.5 Å². The van der Waals surface area contributed by atoms with Crippen LogP contribution < -0.4 is 5.43 Å². The van der Waals surface area contributed by atoms with Crippen LogP contribution in [0.15, 0.2) is 4.79 Å². The molecular formula is C26H43NO2. The van der Waals surface area contributed by atoms with Crippen LogP contribution >= 0.6 is 0 Å². The summed E-state index contributed by atoms with van der Waals surface area (Å²) < 4.78 is 1.19. The molecule has 0 spiro atoms. The molecule has 0 aliphatic heterocycles. The van der Waals surface area contributed by atoms with Gasteiger partial charge in [-0.3, -0.25) is 4.79 Å². The van der Waals surface area contributed by atoms with Crippen molar-refractivity contribution in [1.82, 2.24) is 4.73 Å². The van der Waals surface area contributed by atoms with Gasteiger partial charge in [0, 0.05) is 11.1 Å². The second-order valence-corrected chi connectivity index (χ2v) is 10.1. The lowest BCUT2D eigenvalue weighted by Gasteiger charge is -2.42. The molecule has 3 aliphatic rings. The number of hydrogen-bond acceptors (Lipinski definition) is 2. The molecule has 1 N–H and O–H groups in total. The first-order valence-electron chi connectivity index (χ1n) is 12.4. The summed E-state index contributed by atoms with van der Waals surface area (Å²) in [7, 11) is 0. The van der Waals surface area contributed by atoms with Gasteiger partial charge in [0.1, 0.15) is 0 Å². The second kappa shape index (κ2) is 10.7. The molecule has 1 heterocycles. The lowest BCUT2D eigenvalue weighted by atomic mass is 9.63. The fourth-order valence-electron chi connectivity index (χ4n) is 6.03. The minimum atomic E-state index is 0.122. The summed E-state index contributed by atoms with van der Waals surface area (Å²) in [5.74, 6) is 3.23. The van der Waals surface area contributed by atoms with Crippen molar-refractivity contribution in [3.05, 3.63) is 32.7 Å². The average molecular weight is 402 g/mol. The Morgan fingerprint density at radius 2 is 1.41 bits per heavy atom. The highest BCUT2D eigenvalue weighted by Gasteiger charge is 2.34. The Bertz CT molecular complexity index is 712. The van der Waals surface area contributed by atoms with Gasteiger partial charge in [-0.25, -0.2) is 0 Å². The molecule has 0 radical (unpaired) electrons. The van der Waals surface area contributed by atoms with E-state index in [0.717, 1.165) is 36.2 Å². The fourth-order valence-corrected chi connectivity index (χ4v) is 6.03. The molecule has 1 atom stereocenters. The Kier molecular flexibility index (Phi) is 8.26. The summed E-state index contributed by atoms with van der Waals surface area (Å²) in [5, 5.41) is 10.1. The monoisotopic (exact) mass is 401 g/mol. The van der Waals surface area contributed by atoms with Crippen LogP contribution in [-0.4, -0.2) is 9.94 Å². The number of fused-ring (bicyclic) bond motifs is 3. The van der Waals surface area contributed by atoms with E-state index in [9.17, 15) is 10.0 Å². The van der Waals surface area contributed by atoms with Gasteiger partial charge in [0.05, 0.1) is 11.4 Å². The molecule has 2 bridgehead atoms. The Hall–Kier alpha value is -1.25. The number of hydrogen-bond donors (Lipinski definition) is 1. The predicted molar refractivity (Wildman–Crippen MR) is 121 cm³/mol. The smallest absolute Gasteiger partial charge is 0.188 e. The molecule has 3 fully saturated rings. The maximum Gasteiger partial charge on any atom is 0.188 e. The van der Waals surface area contributed by atoms with Crippen molar-refractivity contribution < 1.29 is 5.21 Å². The van der Waals surface area contributed by atoms with Gasteiger partial charge in [-0.1, -0.05) is 64.2 Å². The number of unbranched alkanes of at least 4 members (excludes halogenated alkanes) is 7. The summed E-state index contributed by atoms with van der Waals surface area (Å²) in [6.45, 7) is 5.46. The molecule has 4 rings (SSSR count). The molecule has 164 valence electrons. The SMILES string of the molecule is Cc1c(C)n(O)c(C)c(CCCCCCCCCCC2CC3CCC2CC3)c1=O. The highest BCUT2D eigenvalue weighted by atomic mass is 16.5. The largest absolute Gasteiger partial charge is 0.428 e. The van der Waals surface area contributed by atoms with Crippen LogP contribution in [0.25, 0.3) is 0 Å². The van der Waals surface area contributed by atoms with Crippen molar-refractivity contribution in [2.24, 2.45) is 17.8 Å². The van der Waals surface area contributed by atoms with Crippen LogP contribution in [0.5, 0.6) is 0 Å². The Morgan fingerprint density at radius 1 is 0.828 bits per heavy atom. The third kappa shape index (κ3) is 5.67. The molecule has 0 saturated heterocycles. The fraction of sp³-hybridized carbons (Fsp3) is 0.808. The van der Waals surface area contributed by atoms with Crippen molar-refractivity contribution >= 4 is 0 Å². The van der Waals surface area contributed by atoms with E-state index in [0.29, 0.717) is 17.0 Å². The lowest BCUT2D eigenvalue weighted by molar-refractivity contribution is 0.0910. The second-order valence-electron chi connectivity index (χ2n) is 10.1. The first-order valence-corrected chi connectivity index (χ1v) is 12.4. The Balaban J connectivity index is 1.23. The zero-order valence-electron chi connectivity index (χ0n) is 19.1. The third-order valence-corrected chi connectivity index (χ3v) is 8.18. The molecule has 1 aromatic rings. The molecule has 3 heteroatoms. The van der Waals surface area contributed by atoms with Gasteiger partial charge in [0.25, 0.3) is 0 Å². The summed E-state index contributed by atoms with van der Waals surface area (Å²) in [5.41, 5.74) is 2.97. The number of rotatable bonds is 11. The Morgan fingerprint density at radius 3 is 2.00 bits per heavy atom. The van der Waals surface area contributed by atoms with Gasteiger partial charge < -0.3 is 5.21 Å². The molecular weight excluding hydrogens is 358 g/mol. The van der Waals surface area contributed by atoms with Crippen LogP contribution in [0.2, 0.25) is 0 Å². The quantitative estimate of drug-likeness (QED) is 0.324. The molecule has 3 aliphatic carbocycles. The first kappa shape index (κ1) is 22.4. The van der Waals surface area contributed by atoms with Crippen molar-refractivity contribution in [3.63, 3.8) is 0 Å². The summed E-state index contributed by atoms with van der Waals surface area (Å²) in [6, 6.07) is 0. The summed E-state index contributed by atoms with van der Waals surface area (Å²) in [4.78, 5) is 12.5. The van der Waals surface area contributed by atoms with Crippen LogP contribution in [-0.2, 0) is 6.42 Å². The molecule has 1 unspecified atom stereocenters. The third-order valence-electron chi connectivity index (χ3n) is 8.18. The van der Waals surface area contributed by atoms with E-state index in [-0.39, 0.29) is 5.43 Å². The van der Waals surface area contributed by atoms with E-state index in [2.05, 4.69) is 0 Å². The van der Waals surface area contributed by atoms with Crippen molar-refractivity contribution in [1.29, 1.82) is 0 Å². The lowest BCUT2D eigenvalue weighted by Crippen LogP contribution is -2.31. The van der Waals surface area contributed by atoms with Crippen molar-refractivity contribution in [3.8, 4) is 0 Å². The molecule has 3 saturated carbocycles. The van der Waals surface area contributed by atoms with Crippen LogP contribution in [0.4, 0.5) is 0 Å². The maximum atomic E-state index is 12.5. The molecule has 3 nitrogen and oxygen atoms in total. The van der Waals surface area contributed by atoms with Gasteiger partial charge in [-0.05, 0) is 70.6 Å². The van der Waals surface area contributed by atoms with E-state index < -0.39 is 0 Å². The van der Waals surface area contributed by atoms with Crippen molar-refractivity contribution in [2.75, 3.05) is 0 Å². The Labute approximate surface area is 177 Å². The maximum absolute atomic E-state index is 12.5. The van der Waals surface area contributed by atoms with E-state index in [1.54, 1.807) is 13.3 Å². The topological polar surface area (TPSA) is 42.2 Å². The first-order chi connectivity index (χ1) is 14.0. The highest BCUT2D eigenvalue weighted by Crippen LogP contribution is 2.46. The van der Waals surface area contributed by atoms with Crippen LogP contribution in [0.1, 0.15) is 112 Å². The summed E-state index contributed by atoms with van der Waals surface area (Å²) in [6.07, 6.45) is 20.4. The van der Waals surface area contributed by atoms with Crippen molar-refractivity contribution in [2.45, 2.75) is 117 Å². The highest BCUT2D eigenvalue weighted by molar-refractivity contribution is 5.29. The summed E-state index contributed by atoms with van der Waals surface area (Å²) >= 11 is 0. The van der Waals surface area contributed by atoms with E-state index >= 15 is 0 Å². The molecule has 29 heavy (non-hydrogen) atoms. The van der Waals surface area contributed by atoms with Gasteiger partial charge in [0.15, 0.2) is 5.43 Å². The standard InChI is InChI=1S/C26H43NO2/c1-19-20(2)27(29)21(3)25(26(19)28)13-11-9-7-5-4-6-8-10-12-24-18-22-14-16-23(24)17-15-22/h22-24,29H,4-18H2,1-3H3. The van der Waals surface area contributed by atoms with E-state index in [1.165, 1.54) is 81.8 Å². The molecule has 1 aromatic heterocycles. The van der Waals surface area contributed by atoms with E-state index in [4.69, 9.17) is 0 Å². The minimum Gasteiger partial charge on any atom is -0.428 e. The number of aromatic nitrogens is 1. The van der Waals surface area contributed by atoms with Gasteiger partial charge in [-0.15, -0.1) is 0 Å². The average Bonchev–Trinajstić information content (AvgIpc) is 2.75. The normalized spacial score (nSPS) is 23.6.